The molecule has 0 saturated carbocycles. The number of nitrogens with one attached hydrogen (secondary N) is 1. The van der Waals surface area contributed by atoms with Crippen molar-refractivity contribution < 1.29 is 0 Å². The summed E-state index contributed by atoms with van der Waals surface area (Å²) < 4.78 is 1.29. The predicted molar refractivity (Wildman–Crippen MR) is 90.6 cm³/mol. The second kappa shape index (κ2) is 6.53. The van der Waals surface area contributed by atoms with Crippen molar-refractivity contribution in [1.29, 1.82) is 0 Å². The van der Waals surface area contributed by atoms with Crippen LogP contribution < -0.4 is 5.32 Å². The van der Waals surface area contributed by atoms with E-state index in [1.54, 1.807) is 0 Å². The van der Waals surface area contributed by atoms with Crippen LogP contribution in [0.3, 0.4) is 0 Å². The Bertz CT molecular complexity index is 563. The van der Waals surface area contributed by atoms with Crippen molar-refractivity contribution >= 4 is 22.6 Å². The van der Waals surface area contributed by atoms with Gasteiger partial charge in [-0.25, -0.2) is 0 Å². The van der Waals surface area contributed by atoms with Gasteiger partial charge in [0.15, 0.2) is 0 Å². The maximum atomic E-state index is 3.44. The largest absolute Gasteiger partial charge is 0.313 e. The van der Waals surface area contributed by atoms with Crippen LogP contribution in [0.15, 0.2) is 42.5 Å². The molecule has 19 heavy (non-hydrogen) atoms. The highest BCUT2D eigenvalue weighted by Gasteiger charge is 2.11. The Labute approximate surface area is 129 Å². The van der Waals surface area contributed by atoms with Gasteiger partial charge in [-0.15, -0.1) is 0 Å². The molecule has 0 amide bonds. The molecule has 2 aromatic rings. The van der Waals surface area contributed by atoms with Gasteiger partial charge in [-0.05, 0) is 78.7 Å². The summed E-state index contributed by atoms with van der Waals surface area (Å²) in [5.74, 6) is 0. The van der Waals surface area contributed by atoms with Crippen LogP contribution in [0.25, 0.3) is 0 Å². The quantitative estimate of drug-likeness (QED) is 0.792. The van der Waals surface area contributed by atoms with Crippen LogP contribution in [0.2, 0.25) is 0 Å². The molecule has 1 atom stereocenters. The molecule has 0 aromatic heterocycles. The van der Waals surface area contributed by atoms with E-state index in [-0.39, 0.29) is 0 Å². The number of aryl methyl sites for hydroxylation is 2. The molecule has 2 aromatic carbocycles. The summed E-state index contributed by atoms with van der Waals surface area (Å²) in [7, 11) is 2.04. The number of halogens is 1. The van der Waals surface area contributed by atoms with Crippen molar-refractivity contribution in [3.8, 4) is 0 Å². The van der Waals surface area contributed by atoms with Crippen LogP contribution in [0, 0.1) is 17.4 Å². The average molecular weight is 365 g/mol. The molecule has 0 aliphatic heterocycles. The Morgan fingerprint density at radius 3 is 2.58 bits per heavy atom. The van der Waals surface area contributed by atoms with Crippen molar-refractivity contribution in [2.24, 2.45) is 0 Å². The first-order valence-corrected chi connectivity index (χ1v) is 7.67. The lowest BCUT2D eigenvalue weighted by molar-refractivity contribution is 0.590. The molecule has 100 valence electrons. The third kappa shape index (κ3) is 3.80. The van der Waals surface area contributed by atoms with Crippen molar-refractivity contribution in [2.45, 2.75) is 26.3 Å². The van der Waals surface area contributed by atoms with E-state index in [4.69, 9.17) is 0 Å². The van der Waals surface area contributed by atoms with Crippen molar-refractivity contribution in [1.82, 2.24) is 5.32 Å². The molecule has 1 N–H and O–H groups in total. The third-order valence-electron chi connectivity index (χ3n) is 3.53. The molecular formula is C17H20IN. The van der Waals surface area contributed by atoms with E-state index in [0.29, 0.717) is 6.04 Å². The van der Waals surface area contributed by atoms with Gasteiger partial charge in [0.25, 0.3) is 0 Å². The second-order valence-corrected chi connectivity index (χ2v) is 6.28. The van der Waals surface area contributed by atoms with E-state index in [9.17, 15) is 0 Å². The molecular weight excluding hydrogens is 345 g/mol. The van der Waals surface area contributed by atoms with E-state index >= 15 is 0 Å². The third-order valence-corrected chi connectivity index (χ3v) is 4.20. The molecule has 0 radical (unpaired) electrons. The van der Waals surface area contributed by atoms with Crippen LogP contribution in [-0.2, 0) is 6.42 Å². The topological polar surface area (TPSA) is 12.0 Å². The fourth-order valence-corrected chi connectivity index (χ4v) is 2.92. The number of likely N-dealkylation sites (N-methyl/N-ethyl adjacent to an activating group) is 1. The zero-order valence-corrected chi connectivity index (χ0v) is 13.9. The Morgan fingerprint density at radius 1 is 1.11 bits per heavy atom. The lowest BCUT2D eigenvalue weighted by atomic mass is 9.95. The number of hydrogen-bond donors (Lipinski definition) is 1. The molecule has 0 aliphatic carbocycles. The lowest BCUT2D eigenvalue weighted by Gasteiger charge is -2.18. The van der Waals surface area contributed by atoms with E-state index in [0.717, 1.165) is 6.42 Å². The Hall–Kier alpha value is -0.870. The lowest BCUT2D eigenvalue weighted by Crippen LogP contribution is -2.19. The number of rotatable bonds is 4. The first-order valence-electron chi connectivity index (χ1n) is 6.59. The summed E-state index contributed by atoms with van der Waals surface area (Å²) in [6.45, 7) is 4.35. The van der Waals surface area contributed by atoms with Crippen LogP contribution in [0.5, 0.6) is 0 Å². The Morgan fingerprint density at radius 2 is 1.89 bits per heavy atom. The van der Waals surface area contributed by atoms with Gasteiger partial charge < -0.3 is 5.32 Å². The maximum Gasteiger partial charge on any atom is 0.0358 e. The fraction of sp³-hybridized carbons (Fsp3) is 0.294. The van der Waals surface area contributed by atoms with E-state index in [1.165, 1.54) is 25.8 Å². The predicted octanol–water partition coefficient (Wildman–Crippen LogP) is 4.41. The summed E-state index contributed by atoms with van der Waals surface area (Å²) in [4.78, 5) is 0. The summed E-state index contributed by atoms with van der Waals surface area (Å²) in [5, 5.41) is 3.44. The molecule has 2 rings (SSSR count). The van der Waals surface area contributed by atoms with Crippen LogP contribution in [-0.4, -0.2) is 7.05 Å². The standard InChI is InChI=1S/C17H20IN/c1-12-7-8-13(2)15(9-12)11-17(19-3)14-5-4-6-16(18)10-14/h4-10,17,19H,11H2,1-3H3. The normalized spacial score (nSPS) is 12.4. The van der Waals surface area contributed by atoms with Crippen LogP contribution >= 0.6 is 22.6 Å². The van der Waals surface area contributed by atoms with Crippen LogP contribution in [0.4, 0.5) is 0 Å². The average Bonchev–Trinajstić information content (AvgIpc) is 2.39. The summed E-state index contributed by atoms with van der Waals surface area (Å²) in [6, 6.07) is 15.8. The summed E-state index contributed by atoms with van der Waals surface area (Å²) in [6.07, 6.45) is 1.03. The molecule has 1 nitrogen and oxygen atoms in total. The van der Waals surface area contributed by atoms with E-state index in [2.05, 4.69) is 84.2 Å². The van der Waals surface area contributed by atoms with Gasteiger partial charge in [0, 0.05) is 9.61 Å². The van der Waals surface area contributed by atoms with Gasteiger partial charge in [0.05, 0.1) is 0 Å². The zero-order chi connectivity index (χ0) is 13.8. The van der Waals surface area contributed by atoms with Gasteiger partial charge in [-0.2, -0.15) is 0 Å². The number of hydrogen-bond acceptors (Lipinski definition) is 1. The zero-order valence-electron chi connectivity index (χ0n) is 11.7. The van der Waals surface area contributed by atoms with Crippen molar-refractivity contribution in [3.63, 3.8) is 0 Å². The molecule has 0 aliphatic rings. The minimum absolute atomic E-state index is 0.371. The SMILES string of the molecule is CNC(Cc1cc(C)ccc1C)c1cccc(I)c1. The van der Waals surface area contributed by atoms with Gasteiger partial charge in [0.2, 0.25) is 0 Å². The van der Waals surface area contributed by atoms with E-state index in [1.807, 2.05) is 7.05 Å². The molecule has 1 unspecified atom stereocenters. The smallest absolute Gasteiger partial charge is 0.0358 e. The Kier molecular flexibility index (Phi) is 4.99. The minimum Gasteiger partial charge on any atom is -0.313 e. The Balaban J connectivity index is 2.26. The molecule has 0 saturated heterocycles. The molecule has 0 heterocycles. The van der Waals surface area contributed by atoms with Crippen molar-refractivity contribution in [3.05, 3.63) is 68.3 Å². The van der Waals surface area contributed by atoms with Crippen LogP contribution in [0.1, 0.15) is 28.3 Å². The minimum atomic E-state index is 0.371. The fourth-order valence-electron chi connectivity index (χ4n) is 2.35. The molecule has 0 bridgehead atoms. The monoisotopic (exact) mass is 365 g/mol. The molecule has 2 heteroatoms. The summed E-state index contributed by atoms with van der Waals surface area (Å²) >= 11 is 2.37. The highest BCUT2D eigenvalue weighted by molar-refractivity contribution is 14.1. The van der Waals surface area contributed by atoms with Gasteiger partial charge in [0.1, 0.15) is 0 Å². The van der Waals surface area contributed by atoms with Crippen molar-refractivity contribution in [2.75, 3.05) is 7.05 Å². The molecule has 0 fully saturated rings. The van der Waals surface area contributed by atoms with Gasteiger partial charge >= 0.3 is 0 Å². The second-order valence-electron chi connectivity index (χ2n) is 5.03. The first kappa shape index (κ1) is 14.5. The first-order chi connectivity index (χ1) is 9.10. The maximum absolute atomic E-state index is 3.44. The van der Waals surface area contributed by atoms with Gasteiger partial charge in [-0.3, -0.25) is 0 Å². The molecule has 0 spiro atoms. The highest BCUT2D eigenvalue weighted by Crippen LogP contribution is 2.22. The van der Waals surface area contributed by atoms with E-state index < -0.39 is 0 Å². The highest BCUT2D eigenvalue weighted by atomic mass is 127. The number of benzene rings is 2. The van der Waals surface area contributed by atoms with Gasteiger partial charge in [-0.1, -0.05) is 35.9 Å². The summed E-state index contributed by atoms with van der Waals surface area (Å²) in [5.41, 5.74) is 5.49.